The maximum atomic E-state index is 6.10. The minimum atomic E-state index is 0.730. The van der Waals surface area contributed by atoms with Crippen LogP contribution in [0.3, 0.4) is 0 Å². The Bertz CT molecular complexity index is 399. The van der Waals surface area contributed by atoms with Gasteiger partial charge in [0.2, 0.25) is 0 Å². The maximum Gasteiger partial charge on any atom is 0.119 e. The van der Waals surface area contributed by atoms with Crippen LogP contribution in [-0.2, 0) is 0 Å². The number of benzene rings is 1. The summed E-state index contributed by atoms with van der Waals surface area (Å²) >= 11 is 0. The van der Waals surface area contributed by atoms with E-state index in [2.05, 4.69) is 45.0 Å². The zero-order valence-corrected chi connectivity index (χ0v) is 16.5. The fraction of sp³-hybridized carbons (Fsp3) is 0.739. The predicted molar refractivity (Wildman–Crippen MR) is 107 cm³/mol. The minimum absolute atomic E-state index is 0.730. The second kappa shape index (κ2) is 14.4. The third-order valence-electron chi connectivity index (χ3n) is 4.91. The number of hydrogen-bond acceptors (Lipinski definition) is 1. The summed E-state index contributed by atoms with van der Waals surface area (Å²) in [5.41, 5.74) is 1.28. The number of aryl methyl sites for hydroxylation is 1. The van der Waals surface area contributed by atoms with E-state index in [0.717, 1.165) is 18.3 Å². The smallest absolute Gasteiger partial charge is 0.119 e. The van der Waals surface area contributed by atoms with Crippen molar-refractivity contribution in [3.63, 3.8) is 0 Å². The van der Waals surface area contributed by atoms with Gasteiger partial charge in [0, 0.05) is 0 Å². The zero-order valence-electron chi connectivity index (χ0n) is 16.5. The van der Waals surface area contributed by atoms with E-state index in [4.69, 9.17) is 4.74 Å². The van der Waals surface area contributed by atoms with Crippen LogP contribution >= 0.6 is 0 Å². The standard InChI is InChI=1S/C23H40O/c1-4-6-8-10-11-13-17-22(16-12-9-7-5-2)20-24-23-18-14-15-21(3)19-23/h14-15,18-19,22H,4-13,16-17,20H2,1-3H3. The molecule has 0 saturated heterocycles. The molecular formula is C23H40O. The molecule has 0 amide bonds. The molecule has 0 fully saturated rings. The lowest BCUT2D eigenvalue weighted by atomic mass is 9.95. The van der Waals surface area contributed by atoms with Gasteiger partial charge in [-0.05, 0) is 43.4 Å². The van der Waals surface area contributed by atoms with Crippen molar-refractivity contribution < 1.29 is 4.74 Å². The average Bonchev–Trinajstić information content (AvgIpc) is 2.58. The molecule has 0 aromatic heterocycles. The summed E-state index contributed by atoms with van der Waals surface area (Å²) in [5.74, 6) is 1.77. The number of rotatable bonds is 15. The molecule has 1 nitrogen and oxygen atoms in total. The summed E-state index contributed by atoms with van der Waals surface area (Å²) < 4.78 is 6.10. The molecule has 1 unspecified atom stereocenters. The molecule has 24 heavy (non-hydrogen) atoms. The fourth-order valence-electron chi connectivity index (χ4n) is 3.30. The molecule has 138 valence electrons. The highest BCUT2D eigenvalue weighted by Crippen LogP contribution is 2.21. The Kier molecular flexibility index (Phi) is 12.6. The van der Waals surface area contributed by atoms with Crippen LogP contribution in [0, 0.1) is 12.8 Å². The molecular weight excluding hydrogens is 292 g/mol. The topological polar surface area (TPSA) is 9.23 Å². The number of unbranched alkanes of at least 4 members (excludes halogenated alkanes) is 8. The Morgan fingerprint density at radius 3 is 2.00 bits per heavy atom. The summed E-state index contributed by atoms with van der Waals surface area (Å²) in [6, 6.07) is 8.46. The van der Waals surface area contributed by atoms with Crippen molar-refractivity contribution in [3.8, 4) is 5.75 Å². The van der Waals surface area contributed by atoms with Gasteiger partial charge in [-0.15, -0.1) is 0 Å². The SMILES string of the molecule is CCCCCCCCC(CCCCCC)COc1cccc(C)c1. The van der Waals surface area contributed by atoms with Crippen LogP contribution in [0.5, 0.6) is 5.75 Å². The Morgan fingerprint density at radius 1 is 0.792 bits per heavy atom. The van der Waals surface area contributed by atoms with Gasteiger partial charge in [0.05, 0.1) is 6.61 Å². The Labute approximate surface area is 151 Å². The van der Waals surface area contributed by atoms with Crippen molar-refractivity contribution in [2.45, 2.75) is 97.8 Å². The lowest BCUT2D eigenvalue weighted by molar-refractivity contribution is 0.224. The van der Waals surface area contributed by atoms with Gasteiger partial charge in [-0.3, -0.25) is 0 Å². The van der Waals surface area contributed by atoms with Crippen LogP contribution in [0.1, 0.15) is 96.5 Å². The molecule has 0 aliphatic carbocycles. The van der Waals surface area contributed by atoms with Gasteiger partial charge in [-0.2, -0.15) is 0 Å². The summed E-state index contributed by atoms with van der Waals surface area (Å²) in [7, 11) is 0. The number of hydrogen-bond donors (Lipinski definition) is 0. The monoisotopic (exact) mass is 332 g/mol. The molecule has 1 rings (SSSR count). The molecule has 0 radical (unpaired) electrons. The molecule has 0 N–H and O–H groups in total. The van der Waals surface area contributed by atoms with Crippen molar-refractivity contribution in [2.24, 2.45) is 5.92 Å². The highest BCUT2D eigenvalue weighted by atomic mass is 16.5. The maximum absolute atomic E-state index is 6.10. The molecule has 0 aliphatic rings. The van der Waals surface area contributed by atoms with E-state index >= 15 is 0 Å². The van der Waals surface area contributed by atoms with E-state index < -0.39 is 0 Å². The Hall–Kier alpha value is -0.980. The summed E-state index contributed by atoms with van der Waals surface area (Å²) in [5, 5.41) is 0. The summed E-state index contributed by atoms with van der Waals surface area (Å²) in [6.07, 6.45) is 16.5. The molecule has 1 atom stereocenters. The van der Waals surface area contributed by atoms with Crippen LogP contribution in [-0.4, -0.2) is 6.61 Å². The van der Waals surface area contributed by atoms with Crippen molar-refractivity contribution in [1.82, 2.24) is 0 Å². The highest BCUT2D eigenvalue weighted by Gasteiger charge is 2.10. The van der Waals surface area contributed by atoms with Crippen molar-refractivity contribution >= 4 is 0 Å². The second-order valence-corrected chi connectivity index (χ2v) is 7.40. The fourth-order valence-corrected chi connectivity index (χ4v) is 3.30. The first kappa shape index (κ1) is 21.1. The molecule has 0 spiro atoms. The first-order valence-electron chi connectivity index (χ1n) is 10.5. The molecule has 0 saturated carbocycles. The van der Waals surface area contributed by atoms with E-state index in [1.54, 1.807) is 0 Å². The number of ether oxygens (including phenoxy) is 1. The van der Waals surface area contributed by atoms with E-state index in [1.807, 2.05) is 0 Å². The molecule has 0 heterocycles. The first-order chi connectivity index (χ1) is 11.8. The largest absolute Gasteiger partial charge is 0.493 e. The van der Waals surface area contributed by atoms with Crippen LogP contribution in [0.25, 0.3) is 0 Å². The van der Waals surface area contributed by atoms with Gasteiger partial charge < -0.3 is 4.74 Å². The van der Waals surface area contributed by atoms with Gasteiger partial charge in [0.25, 0.3) is 0 Å². The summed E-state index contributed by atoms with van der Waals surface area (Å²) in [6.45, 7) is 7.60. The zero-order chi connectivity index (χ0) is 17.5. The van der Waals surface area contributed by atoms with E-state index in [0.29, 0.717) is 0 Å². The van der Waals surface area contributed by atoms with Crippen molar-refractivity contribution in [1.29, 1.82) is 0 Å². The van der Waals surface area contributed by atoms with E-state index in [9.17, 15) is 0 Å². The van der Waals surface area contributed by atoms with Gasteiger partial charge in [0.15, 0.2) is 0 Å². The minimum Gasteiger partial charge on any atom is -0.493 e. The predicted octanol–water partition coefficient (Wildman–Crippen LogP) is 7.71. The Morgan fingerprint density at radius 2 is 1.38 bits per heavy atom. The third kappa shape index (κ3) is 10.7. The van der Waals surface area contributed by atoms with Crippen LogP contribution in [0.2, 0.25) is 0 Å². The van der Waals surface area contributed by atoms with Gasteiger partial charge in [-0.25, -0.2) is 0 Å². The molecule has 1 heteroatoms. The second-order valence-electron chi connectivity index (χ2n) is 7.40. The lowest BCUT2D eigenvalue weighted by Crippen LogP contribution is -2.12. The van der Waals surface area contributed by atoms with Crippen molar-refractivity contribution in [3.05, 3.63) is 29.8 Å². The molecule has 1 aromatic rings. The van der Waals surface area contributed by atoms with Gasteiger partial charge in [-0.1, -0.05) is 90.2 Å². The van der Waals surface area contributed by atoms with Gasteiger partial charge in [0.1, 0.15) is 5.75 Å². The van der Waals surface area contributed by atoms with Crippen LogP contribution < -0.4 is 4.74 Å². The van der Waals surface area contributed by atoms with E-state index in [1.165, 1.54) is 82.6 Å². The van der Waals surface area contributed by atoms with Crippen LogP contribution in [0.4, 0.5) is 0 Å². The normalized spacial score (nSPS) is 12.3. The first-order valence-corrected chi connectivity index (χ1v) is 10.5. The summed E-state index contributed by atoms with van der Waals surface area (Å²) in [4.78, 5) is 0. The van der Waals surface area contributed by atoms with Gasteiger partial charge >= 0.3 is 0 Å². The average molecular weight is 333 g/mol. The highest BCUT2D eigenvalue weighted by molar-refractivity contribution is 5.27. The molecule has 0 bridgehead atoms. The Balaban J connectivity index is 2.30. The molecule has 1 aromatic carbocycles. The quantitative estimate of drug-likeness (QED) is 0.299. The third-order valence-corrected chi connectivity index (χ3v) is 4.91. The van der Waals surface area contributed by atoms with Crippen molar-refractivity contribution in [2.75, 3.05) is 6.61 Å². The lowest BCUT2D eigenvalue weighted by Gasteiger charge is -2.18. The van der Waals surface area contributed by atoms with E-state index in [-0.39, 0.29) is 0 Å². The van der Waals surface area contributed by atoms with Crippen LogP contribution in [0.15, 0.2) is 24.3 Å². The molecule has 0 aliphatic heterocycles.